The van der Waals surface area contributed by atoms with Crippen LogP contribution in [0.2, 0.25) is 0 Å². The normalized spacial score (nSPS) is 23.6. The highest BCUT2D eigenvalue weighted by molar-refractivity contribution is 5.77. The van der Waals surface area contributed by atoms with Gasteiger partial charge in [0.1, 0.15) is 0 Å². The highest BCUT2D eigenvalue weighted by Crippen LogP contribution is 2.26. The molecule has 0 aromatic heterocycles. The number of likely N-dealkylation sites (N-methyl/N-ethyl adjacent to an activating group) is 1. The highest BCUT2D eigenvalue weighted by atomic mass is 16.5. The molecular formula is C14H29N3O2. The SMILES string of the molecule is COCCCNC(=O)CN(C)C1CCCCC1CN. The minimum atomic E-state index is 0.0972. The molecule has 0 heterocycles. The molecule has 5 heteroatoms. The van der Waals surface area contributed by atoms with Crippen LogP contribution in [0, 0.1) is 5.92 Å². The van der Waals surface area contributed by atoms with Crippen molar-refractivity contribution in [1.82, 2.24) is 10.2 Å². The van der Waals surface area contributed by atoms with Crippen molar-refractivity contribution in [2.45, 2.75) is 38.1 Å². The molecule has 19 heavy (non-hydrogen) atoms. The van der Waals surface area contributed by atoms with Gasteiger partial charge in [-0.05, 0) is 38.8 Å². The summed E-state index contributed by atoms with van der Waals surface area (Å²) >= 11 is 0. The third-order valence-electron chi connectivity index (χ3n) is 3.98. The lowest BCUT2D eigenvalue weighted by Gasteiger charge is -2.37. The van der Waals surface area contributed by atoms with E-state index in [1.807, 2.05) is 7.05 Å². The van der Waals surface area contributed by atoms with Crippen LogP contribution < -0.4 is 11.1 Å². The van der Waals surface area contributed by atoms with E-state index in [4.69, 9.17) is 10.5 Å². The van der Waals surface area contributed by atoms with E-state index >= 15 is 0 Å². The maximum atomic E-state index is 11.8. The smallest absolute Gasteiger partial charge is 0.234 e. The summed E-state index contributed by atoms with van der Waals surface area (Å²) in [6.45, 7) is 2.57. The van der Waals surface area contributed by atoms with Crippen LogP contribution in [0.25, 0.3) is 0 Å². The molecule has 0 radical (unpaired) electrons. The number of hydrogen-bond acceptors (Lipinski definition) is 4. The summed E-state index contributed by atoms with van der Waals surface area (Å²) in [5, 5.41) is 2.93. The van der Waals surface area contributed by atoms with Gasteiger partial charge in [0.05, 0.1) is 6.54 Å². The van der Waals surface area contributed by atoms with Crippen LogP contribution in [-0.2, 0) is 9.53 Å². The molecule has 3 N–H and O–H groups in total. The van der Waals surface area contributed by atoms with E-state index < -0.39 is 0 Å². The molecule has 0 saturated heterocycles. The minimum Gasteiger partial charge on any atom is -0.385 e. The van der Waals surface area contributed by atoms with E-state index in [1.165, 1.54) is 19.3 Å². The molecule has 0 aliphatic heterocycles. The highest BCUT2D eigenvalue weighted by Gasteiger charge is 2.27. The quantitative estimate of drug-likeness (QED) is 0.634. The summed E-state index contributed by atoms with van der Waals surface area (Å²) in [7, 11) is 3.71. The topological polar surface area (TPSA) is 67.6 Å². The number of rotatable bonds is 8. The average molecular weight is 271 g/mol. The van der Waals surface area contributed by atoms with E-state index in [9.17, 15) is 4.79 Å². The first kappa shape index (κ1) is 16.4. The Hall–Kier alpha value is -0.650. The number of nitrogens with one attached hydrogen (secondary N) is 1. The third kappa shape index (κ3) is 5.89. The zero-order valence-corrected chi connectivity index (χ0v) is 12.4. The van der Waals surface area contributed by atoms with Crippen LogP contribution in [0.4, 0.5) is 0 Å². The zero-order chi connectivity index (χ0) is 14.1. The van der Waals surface area contributed by atoms with Gasteiger partial charge in [-0.1, -0.05) is 12.8 Å². The molecule has 0 aromatic rings. The Kier molecular flexibility index (Phi) is 8.02. The van der Waals surface area contributed by atoms with Crippen molar-refractivity contribution in [3.05, 3.63) is 0 Å². The molecule has 5 nitrogen and oxygen atoms in total. The summed E-state index contributed by atoms with van der Waals surface area (Å²) in [6.07, 6.45) is 5.74. The second kappa shape index (κ2) is 9.28. The number of nitrogens with zero attached hydrogens (tertiary/aromatic N) is 1. The Morgan fingerprint density at radius 3 is 2.84 bits per heavy atom. The molecule has 2 atom stereocenters. The van der Waals surface area contributed by atoms with Gasteiger partial charge in [0.2, 0.25) is 5.91 Å². The first-order chi connectivity index (χ1) is 9.19. The molecule has 1 rings (SSSR count). The fraction of sp³-hybridized carbons (Fsp3) is 0.929. The van der Waals surface area contributed by atoms with Crippen molar-refractivity contribution in [3.8, 4) is 0 Å². The van der Waals surface area contributed by atoms with Crippen molar-refractivity contribution >= 4 is 5.91 Å². The number of ether oxygens (including phenoxy) is 1. The van der Waals surface area contributed by atoms with Gasteiger partial charge in [-0.15, -0.1) is 0 Å². The Labute approximate surface area is 116 Å². The summed E-state index contributed by atoms with van der Waals surface area (Å²) in [4.78, 5) is 14.0. The summed E-state index contributed by atoms with van der Waals surface area (Å²) in [5.74, 6) is 0.639. The van der Waals surface area contributed by atoms with E-state index in [0.717, 1.165) is 19.4 Å². The van der Waals surface area contributed by atoms with Crippen LogP contribution in [0.15, 0.2) is 0 Å². The maximum absolute atomic E-state index is 11.8. The molecule has 112 valence electrons. The van der Waals surface area contributed by atoms with E-state index in [-0.39, 0.29) is 5.91 Å². The summed E-state index contributed by atoms with van der Waals surface area (Å²) in [6, 6.07) is 0.462. The van der Waals surface area contributed by atoms with Crippen molar-refractivity contribution in [1.29, 1.82) is 0 Å². The summed E-state index contributed by atoms with van der Waals surface area (Å²) in [5.41, 5.74) is 5.83. The lowest BCUT2D eigenvalue weighted by atomic mass is 9.84. The van der Waals surface area contributed by atoms with E-state index in [2.05, 4.69) is 10.2 Å². The first-order valence-electron chi connectivity index (χ1n) is 7.35. The van der Waals surface area contributed by atoms with Gasteiger partial charge in [0.15, 0.2) is 0 Å². The standard InChI is InChI=1S/C14H29N3O2/c1-17(11-14(18)16-8-5-9-19-2)13-7-4-3-6-12(13)10-15/h12-13H,3-11,15H2,1-2H3,(H,16,18). The molecule has 1 aliphatic rings. The second-order valence-corrected chi connectivity index (χ2v) is 5.46. The van der Waals surface area contributed by atoms with E-state index in [1.54, 1.807) is 7.11 Å². The molecule has 0 spiro atoms. The first-order valence-corrected chi connectivity index (χ1v) is 7.35. The van der Waals surface area contributed by atoms with Crippen molar-refractivity contribution < 1.29 is 9.53 Å². The Bertz CT molecular complexity index is 261. The van der Waals surface area contributed by atoms with Gasteiger partial charge in [0, 0.05) is 26.3 Å². The lowest BCUT2D eigenvalue weighted by molar-refractivity contribution is -0.122. The maximum Gasteiger partial charge on any atom is 0.234 e. The largest absolute Gasteiger partial charge is 0.385 e. The zero-order valence-electron chi connectivity index (χ0n) is 12.4. The van der Waals surface area contributed by atoms with Gasteiger partial charge in [-0.25, -0.2) is 0 Å². The predicted octanol–water partition coefficient (Wildman–Crippen LogP) is 0.588. The molecule has 1 amide bonds. The molecule has 0 bridgehead atoms. The molecule has 1 fully saturated rings. The van der Waals surface area contributed by atoms with Crippen LogP contribution in [0.5, 0.6) is 0 Å². The molecule has 2 unspecified atom stereocenters. The van der Waals surface area contributed by atoms with E-state index in [0.29, 0.717) is 31.7 Å². The fourth-order valence-corrected chi connectivity index (χ4v) is 2.89. The van der Waals surface area contributed by atoms with Crippen LogP contribution >= 0.6 is 0 Å². The number of methoxy groups -OCH3 is 1. The average Bonchev–Trinajstić information content (AvgIpc) is 2.43. The lowest BCUT2D eigenvalue weighted by Crippen LogP contribution is -2.47. The Balaban J connectivity index is 2.27. The number of carbonyl (C=O) groups is 1. The molecule has 1 aliphatic carbocycles. The van der Waals surface area contributed by atoms with Gasteiger partial charge >= 0.3 is 0 Å². The number of hydrogen-bond donors (Lipinski definition) is 2. The number of nitrogens with two attached hydrogens (primary N) is 1. The molecule has 1 saturated carbocycles. The minimum absolute atomic E-state index is 0.0972. The summed E-state index contributed by atoms with van der Waals surface area (Å²) < 4.78 is 4.95. The van der Waals surface area contributed by atoms with Crippen LogP contribution in [0.1, 0.15) is 32.1 Å². The van der Waals surface area contributed by atoms with Crippen LogP contribution in [-0.4, -0.2) is 57.2 Å². The Morgan fingerprint density at radius 1 is 1.42 bits per heavy atom. The predicted molar refractivity (Wildman–Crippen MR) is 76.9 cm³/mol. The van der Waals surface area contributed by atoms with Gasteiger partial charge in [0.25, 0.3) is 0 Å². The fourth-order valence-electron chi connectivity index (χ4n) is 2.89. The van der Waals surface area contributed by atoms with Gasteiger partial charge in [-0.3, -0.25) is 9.69 Å². The number of carbonyl (C=O) groups excluding carboxylic acids is 1. The van der Waals surface area contributed by atoms with Crippen LogP contribution in [0.3, 0.4) is 0 Å². The Morgan fingerprint density at radius 2 is 2.16 bits per heavy atom. The molecule has 0 aromatic carbocycles. The molecular weight excluding hydrogens is 242 g/mol. The van der Waals surface area contributed by atoms with Crippen molar-refractivity contribution in [3.63, 3.8) is 0 Å². The van der Waals surface area contributed by atoms with Crippen molar-refractivity contribution in [2.24, 2.45) is 11.7 Å². The monoisotopic (exact) mass is 271 g/mol. The number of amides is 1. The van der Waals surface area contributed by atoms with Gasteiger partial charge < -0.3 is 15.8 Å². The second-order valence-electron chi connectivity index (χ2n) is 5.46. The van der Waals surface area contributed by atoms with Gasteiger partial charge in [-0.2, -0.15) is 0 Å². The third-order valence-corrected chi connectivity index (χ3v) is 3.98. The van der Waals surface area contributed by atoms with Crippen molar-refractivity contribution in [2.75, 3.05) is 40.4 Å².